The number of hydrogen-bond donors (Lipinski definition) is 2. The second-order valence-electron chi connectivity index (χ2n) is 2.97. The molecule has 0 spiro atoms. The Morgan fingerprint density at radius 1 is 1.75 bits per heavy atom. The normalized spacial score (nSPS) is 16.0. The van der Waals surface area contributed by atoms with Crippen LogP contribution < -0.4 is 5.73 Å². The highest BCUT2D eigenvalue weighted by atomic mass is 16.3. The summed E-state index contributed by atoms with van der Waals surface area (Å²) in [5, 5.41) is 12.9. The second kappa shape index (κ2) is 3.20. The number of nitrogens with zero attached hydrogens (tertiary/aromatic N) is 3. The van der Waals surface area contributed by atoms with Crippen molar-refractivity contribution in [1.29, 1.82) is 0 Å². The largest absolute Gasteiger partial charge is 0.394 e. The van der Waals surface area contributed by atoms with Gasteiger partial charge in [0.15, 0.2) is 0 Å². The Labute approximate surface area is 71.2 Å². The number of nitrogens with two attached hydrogens (primary N) is 1. The van der Waals surface area contributed by atoms with Gasteiger partial charge in [-0.05, 0) is 13.8 Å². The minimum atomic E-state index is -0.799. The SMILES string of the molecule is CCn1ncnc1C(C)(N)CO. The zero-order valence-corrected chi connectivity index (χ0v) is 7.36. The molecule has 5 heteroatoms. The van der Waals surface area contributed by atoms with Gasteiger partial charge in [-0.25, -0.2) is 9.67 Å². The van der Waals surface area contributed by atoms with Gasteiger partial charge in [-0.15, -0.1) is 0 Å². The Morgan fingerprint density at radius 2 is 2.42 bits per heavy atom. The van der Waals surface area contributed by atoms with Crippen LogP contribution >= 0.6 is 0 Å². The number of hydrogen-bond acceptors (Lipinski definition) is 4. The van der Waals surface area contributed by atoms with Gasteiger partial charge in [0, 0.05) is 6.54 Å². The fourth-order valence-electron chi connectivity index (χ4n) is 1.01. The summed E-state index contributed by atoms with van der Waals surface area (Å²) in [6.45, 7) is 4.25. The van der Waals surface area contributed by atoms with E-state index in [0.29, 0.717) is 12.4 Å². The van der Waals surface area contributed by atoms with Crippen molar-refractivity contribution in [3.05, 3.63) is 12.2 Å². The Hall–Kier alpha value is -0.940. The molecule has 68 valence electrons. The maximum atomic E-state index is 8.98. The van der Waals surface area contributed by atoms with E-state index < -0.39 is 5.54 Å². The van der Waals surface area contributed by atoms with Crippen molar-refractivity contribution in [2.75, 3.05) is 6.61 Å². The molecule has 0 saturated heterocycles. The molecule has 1 aromatic heterocycles. The molecule has 5 nitrogen and oxygen atoms in total. The molecule has 0 aliphatic carbocycles. The Balaban J connectivity index is 3.00. The van der Waals surface area contributed by atoms with E-state index in [1.54, 1.807) is 11.6 Å². The lowest BCUT2D eigenvalue weighted by molar-refractivity contribution is 0.198. The number of rotatable bonds is 3. The summed E-state index contributed by atoms with van der Waals surface area (Å²) < 4.78 is 1.68. The van der Waals surface area contributed by atoms with Crippen molar-refractivity contribution in [2.45, 2.75) is 25.9 Å². The minimum Gasteiger partial charge on any atom is -0.394 e. The zero-order chi connectivity index (χ0) is 9.19. The third-order valence-corrected chi connectivity index (χ3v) is 1.75. The molecule has 0 bridgehead atoms. The summed E-state index contributed by atoms with van der Waals surface area (Å²) in [4.78, 5) is 4.00. The highest BCUT2D eigenvalue weighted by molar-refractivity contribution is 5.01. The van der Waals surface area contributed by atoms with Gasteiger partial charge >= 0.3 is 0 Å². The molecule has 0 radical (unpaired) electrons. The van der Waals surface area contributed by atoms with E-state index in [1.807, 2.05) is 6.92 Å². The van der Waals surface area contributed by atoms with E-state index in [2.05, 4.69) is 10.1 Å². The van der Waals surface area contributed by atoms with Crippen LogP contribution in [0.4, 0.5) is 0 Å². The van der Waals surface area contributed by atoms with E-state index >= 15 is 0 Å². The highest BCUT2D eigenvalue weighted by Crippen LogP contribution is 2.12. The molecule has 0 amide bonds. The van der Waals surface area contributed by atoms with Crippen molar-refractivity contribution in [2.24, 2.45) is 5.73 Å². The Morgan fingerprint density at radius 3 is 2.92 bits per heavy atom. The highest BCUT2D eigenvalue weighted by Gasteiger charge is 2.25. The van der Waals surface area contributed by atoms with E-state index in [9.17, 15) is 0 Å². The number of aliphatic hydroxyl groups excluding tert-OH is 1. The summed E-state index contributed by atoms with van der Waals surface area (Å²) in [5.41, 5.74) is 4.99. The molecule has 0 saturated carbocycles. The van der Waals surface area contributed by atoms with Crippen LogP contribution in [0.25, 0.3) is 0 Å². The summed E-state index contributed by atoms with van der Waals surface area (Å²) in [6, 6.07) is 0. The van der Waals surface area contributed by atoms with Gasteiger partial charge < -0.3 is 10.8 Å². The number of aromatic nitrogens is 3. The van der Waals surface area contributed by atoms with Gasteiger partial charge in [-0.3, -0.25) is 0 Å². The van der Waals surface area contributed by atoms with Crippen LogP contribution in [0.3, 0.4) is 0 Å². The van der Waals surface area contributed by atoms with Crippen LogP contribution in [-0.2, 0) is 12.1 Å². The predicted octanol–water partition coefficient (Wildman–Crippen LogP) is -0.536. The standard InChI is InChI=1S/C7H14N4O/c1-3-11-6(9-5-10-11)7(2,8)4-12/h5,12H,3-4,8H2,1-2H3. The lowest BCUT2D eigenvalue weighted by Crippen LogP contribution is -2.40. The first-order valence-corrected chi connectivity index (χ1v) is 3.90. The van der Waals surface area contributed by atoms with Crippen molar-refractivity contribution >= 4 is 0 Å². The number of aryl methyl sites for hydroxylation is 1. The Kier molecular flexibility index (Phi) is 2.44. The van der Waals surface area contributed by atoms with Gasteiger partial charge in [-0.2, -0.15) is 5.10 Å². The van der Waals surface area contributed by atoms with Crippen molar-refractivity contribution in [3.8, 4) is 0 Å². The van der Waals surface area contributed by atoms with E-state index in [-0.39, 0.29) is 6.61 Å². The van der Waals surface area contributed by atoms with Gasteiger partial charge in [0.25, 0.3) is 0 Å². The molecular formula is C7H14N4O. The molecule has 1 unspecified atom stereocenters. The average molecular weight is 170 g/mol. The molecular weight excluding hydrogens is 156 g/mol. The lowest BCUT2D eigenvalue weighted by atomic mass is 10.1. The predicted molar refractivity (Wildman–Crippen MR) is 44.3 cm³/mol. The second-order valence-corrected chi connectivity index (χ2v) is 2.97. The summed E-state index contributed by atoms with van der Waals surface area (Å²) in [6.07, 6.45) is 1.44. The van der Waals surface area contributed by atoms with E-state index in [4.69, 9.17) is 10.8 Å². The van der Waals surface area contributed by atoms with Crippen molar-refractivity contribution in [3.63, 3.8) is 0 Å². The van der Waals surface area contributed by atoms with Crippen molar-refractivity contribution in [1.82, 2.24) is 14.8 Å². The molecule has 12 heavy (non-hydrogen) atoms. The smallest absolute Gasteiger partial charge is 0.149 e. The van der Waals surface area contributed by atoms with Gasteiger partial charge in [0.2, 0.25) is 0 Å². The molecule has 1 atom stereocenters. The maximum Gasteiger partial charge on any atom is 0.149 e. The fourth-order valence-corrected chi connectivity index (χ4v) is 1.01. The van der Waals surface area contributed by atoms with Crippen LogP contribution in [-0.4, -0.2) is 26.5 Å². The average Bonchev–Trinajstić information content (AvgIpc) is 2.52. The summed E-state index contributed by atoms with van der Waals surface area (Å²) >= 11 is 0. The Bertz CT molecular complexity index is 256. The van der Waals surface area contributed by atoms with Crippen LogP contribution in [0.15, 0.2) is 6.33 Å². The quantitative estimate of drug-likeness (QED) is 0.639. The van der Waals surface area contributed by atoms with Gasteiger partial charge in [-0.1, -0.05) is 0 Å². The summed E-state index contributed by atoms with van der Waals surface area (Å²) in [7, 11) is 0. The molecule has 0 aromatic carbocycles. The topological polar surface area (TPSA) is 77.0 Å². The fraction of sp³-hybridized carbons (Fsp3) is 0.714. The van der Waals surface area contributed by atoms with Gasteiger partial charge in [0.1, 0.15) is 12.2 Å². The van der Waals surface area contributed by atoms with Crippen LogP contribution in [0, 0.1) is 0 Å². The summed E-state index contributed by atoms with van der Waals surface area (Å²) in [5.74, 6) is 0.618. The molecule has 1 rings (SSSR count). The first kappa shape index (κ1) is 9.15. The van der Waals surface area contributed by atoms with Crippen LogP contribution in [0.2, 0.25) is 0 Å². The third-order valence-electron chi connectivity index (χ3n) is 1.75. The minimum absolute atomic E-state index is 0.133. The first-order valence-electron chi connectivity index (χ1n) is 3.90. The molecule has 0 aliphatic rings. The maximum absolute atomic E-state index is 8.98. The first-order chi connectivity index (χ1) is 5.61. The molecule has 0 fully saturated rings. The van der Waals surface area contributed by atoms with E-state index in [0.717, 1.165) is 0 Å². The number of aliphatic hydroxyl groups is 1. The lowest BCUT2D eigenvalue weighted by Gasteiger charge is -2.20. The molecule has 1 aromatic rings. The van der Waals surface area contributed by atoms with E-state index in [1.165, 1.54) is 6.33 Å². The van der Waals surface area contributed by atoms with Crippen molar-refractivity contribution < 1.29 is 5.11 Å². The van der Waals surface area contributed by atoms with Crippen LogP contribution in [0.5, 0.6) is 0 Å². The molecule has 3 N–H and O–H groups in total. The molecule has 0 aliphatic heterocycles. The molecule has 1 heterocycles. The third kappa shape index (κ3) is 1.46. The monoisotopic (exact) mass is 170 g/mol. The van der Waals surface area contributed by atoms with Crippen LogP contribution in [0.1, 0.15) is 19.7 Å². The van der Waals surface area contributed by atoms with Gasteiger partial charge in [0.05, 0.1) is 12.1 Å². The zero-order valence-electron chi connectivity index (χ0n) is 7.36.